The lowest BCUT2D eigenvalue weighted by molar-refractivity contribution is -0.255. The van der Waals surface area contributed by atoms with Crippen molar-refractivity contribution in [2.24, 2.45) is 0 Å². The smallest absolute Gasteiger partial charge is 0.337 e. The molecule has 1 aliphatic heterocycles. The number of allylic oxidation sites excluding steroid dienone is 1. The Balaban J connectivity index is 2.49. The van der Waals surface area contributed by atoms with E-state index in [0.29, 0.717) is 16.8 Å². The average Bonchev–Trinajstić information content (AvgIpc) is 2.51. The van der Waals surface area contributed by atoms with Gasteiger partial charge in [0, 0.05) is 12.7 Å². The minimum Gasteiger partial charge on any atom is -0.545 e. The summed E-state index contributed by atoms with van der Waals surface area (Å²) in [6.45, 7) is 1.65. The molecular weight excluding hydrogens is 288 g/mol. The highest BCUT2D eigenvalue weighted by molar-refractivity contribution is 5.95. The number of nitrogens with zero attached hydrogens (tertiary/aromatic N) is 1. The molecule has 7 nitrogen and oxygen atoms in total. The Morgan fingerprint density at radius 1 is 1.27 bits per heavy atom. The van der Waals surface area contributed by atoms with Crippen LogP contribution in [-0.4, -0.2) is 37.0 Å². The fraction of sp³-hybridized carbons (Fsp3) is 0.267. The third-order valence-corrected chi connectivity index (χ3v) is 3.64. The summed E-state index contributed by atoms with van der Waals surface area (Å²) in [6.07, 6.45) is 0. The molecule has 0 unspecified atom stereocenters. The van der Waals surface area contributed by atoms with Gasteiger partial charge in [-0.2, -0.15) is 0 Å². The number of methoxy groups -OCH3 is 1. The molecule has 0 fully saturated rings. The van der Waals surface area contributed by atoms with E-state index in [1.54, 1.807) is 14.0 Å². The zero-order valence-electron chi connectivity index (χ0n) is 12.4. The van der Waals surface area contributed by atoms with Crippen LogP contribution in [0, 0.1) is 0 Å². The van der Waals surface area contributed by atoms with Crippen LogP contribution in [0.3, 0.4) is 0 Å². The third kappa shape index (κ3) is 2.65. The molecule has 1 aromatic carbocycles. The number of esters is 1. The van der Waals surface area contributed by atoms with Crippen molar-refractivity contribution in [3.8, 4) is 0 Å². The molecule has 0 saturated carbocycles. The van der Waals surface area contributed by atoms with E-state index in [0.717, 1.165) is 0 Å². The molecule has 0 saturated heterocycles. The summed E-state index contributed by atoms with van der Waals surface area (Å²) in [5.41, 5.74) is 1.37. The Kier molecular flexibility index (Phi) is 4.16. The predicted octanol–water partition coefficient (Wildman–Crippen LogP) is 0.193. The van der Waals surface area contributed by atoms with Gasteiger partial charge in [-0.1, -0.05) is 24.3 Å². The first-order chi connectivity index (χ1) is 10.4. The topological polar surface area (TPSA) is 98.8 Å². The summed E-state index contributed by atoms with van der Waals surface area (Å²) in [5, 5.41) is 13.5. The highest BCUT2D eigenvalue weighted by Crippen LogP contribution is 2.30. The molecule has 0 radical (unpaired) electrons. The second-order valence-corrected chi connectivity index (χ2v) is 4.84. The van der Waals surface area contributed by atoms with Gasteiger partial charge in [-0.3, -0.25) is 0 Å². The van der Waals surface area contributed by atoms with Gasteiger partial charge in [0.05, 0.1) is 24.7 Å². The zero-order chi connectivity index (χ0) is 16.4. The van der Waals surface area contributed by atoms with Gasteiger partial charge in [-0.15, -0.1) is 0 Å². The molecule has 1 heterocycles. The molecule has 0 spiro atoms. The largest absolute Gasteiger partial charge is 0.545 e. The van der Waals surface area contributed by atoms with E-state index in [9.17, 15) is 19.5 Å². The maximum Gasteiger partial charge on any atom is 0.337 e. The minimum absolute atomic E-state index is 0.0170. The summed E-state index contributed by atoms with van der Waals surface area (Å²) < 4.78 is 4.78. The number of urea groups is 1. The Labute approximate surface area is 127 Å². The summed E-state index contributed by atoms with van der Waals surface area (Å²) in [4.78, 5) is 36.1. The Morgan fingerprint density at radius 2 is 1.86 bits per heavy atom. The molecule has 7 heteroatoms. The van der Waals surface area contributed by atoms with Gasteiger partial charge in [-0.05, 0) is 18.1 Å². The fourth-order valence-corrected chi connectivity index (χ4v) is 2.27. The summed E-state index contributed by atoms with van der Waals surface area (Å²) in [7, 11) is 2.80. The van der Waals surface area contributed by atoms with Crippen molar-refractivity contribution in [2.45, 2.75) is 13.0 Å². The Hall–Kier alpha value is -2.83. The molecule has 1 atom stereocenters. The molecular formula is C15H15N2O5-. The van der Waals surface area contributed by atoms with Crippen LogP contribution < -0.4 is 10.4 Å². The molecule has 1 N–H and O–H groups in total. The molecule has 0 aromatic heterocycles. The minimum atomic E-state index is -1.29. The van der Waals surface area contributed by atoms with Gasteiger partial charge in [0.1, 0.15) is 0 Å². The van der Waals surface area contributed by atoms with Crippen LogP contribution in [0.1, 0.15) is 28.9 Å². The number of carboxylic acid groups (broad SMARTS) is 1. The van der Waals surface area contributed by atoms with Gasteiger partial charge in [0.15, 0.2) is 0 Å². The van der Waals surface area contributed by atoms with Gasteiger partial charge in [0.2, 0.25) is 0 Å². The SMILES string of the molecule is COC(=O)C1=C(C)N(C)C(=O)N[C@H]1c1ccc(C(=O)[O-])cc1. The van der Waals surface area contributed by atoms with Crippen molar-refractivity contribution in [1.82, 2.24) is 10.2 Å². The highest BCUT2D eigenvalue weighted by atomic mass is 16.5. The Bertz CT molecular complexity index is 663. The number of carboxylic acids is 1. The van der Waals surface area contributed by atoms with E-state index in [1.165, 1.54) is 36.3 Å². The average molecular weight is 303 g/mol. The summed E-state index contributed by atoms with van der Waals surface area (Å²) >= 11 is 0. The van der Waals surface area contributed by atoms with Gasteiger partial charge in [0.25, 0.3) is 0 Å². The number of carbonyl (C=O) groups is 3. The molecule has 116 valence electrons. The number of rotatable bonds is 3. The summed E-state index contributed by atoms with van der Waals surface area (Å²) in [5.74, 6) is -1.85. The maximum absolute atomic E-state index is 12.0. The van der Waals surface area contributed by atoms with E-state index >= 15 is 0 Å². The van der Waals surface area contributed by atoms with Crippen LogP contribution in [0.2, 0.25) is 0 Å². The second-order valence-electron chi connectivity index (χ2n) is 4.84. The van der Waals surface area contributed by atoms with Crippen LogP contribution in [-0.2, 0) is 9.53 Å². The third-order valence-electron chi connectivity index (χ3n) is 3.64. The Morgan fingerprint density at radius 3 is 2.36 bits per heavy atom. The van der Waals surface area contributed by atoms with E-state index in [1.807, 2.05) is 0 Å². The zero-order valence-corrected chi connectivity index (χ0v) is 12.4. The van der Waals surface area contributed by atoms with E-state index in [-0.39, 0.29) is 11.6 Å². The van der Waals surface area contributed by atoms with E-state index in [2.05, 4.69) is 5.32 Å². The van der Waals surface area contributed by atoms with Crippen molar-refractivity contribution in [2.75, 3.05) is 14.2 Å². The normalized spacial score (nSPS) is 18.0. The number of aromatic carboxylic acids is 1. The van der Waals surface area contributed by atoms with Gasteiger partial charge < -0.3 is 24.9 Å². The first-order valence-corrected chi connectivity index (χ1v) is 6.51. The van der Waals surface area contributed by atoms with Crippen molar-refractivity contribution >= 4 is 18.0 Å². The van der Waals surface area contributed by atoms with Crippen LogP contribution >= 0.6 is 0 Å². The number of amides is 2. The number of carbonyl (C=O) groups excluding carboxylic acids is 3. The number of hydrogen-bond donors (Lipinski definition) is 1. The molecule has 2 amide bonds. The monoisotopic (exact) mass is 303 g/mol. The number of benzene rings is 1. The van der Waals surface area contributed by atoms with Crippen LogP contribution in [0.15, 0.2) is 35.5 Å². The van der Waals surface area contributed by atoms with Crippen molar-refractivity contribution < 1.29 is 24.2 Å². The highest BCUT2D eigenvalue weighted by Gasteiger charge is 2.34. The molecule has 1 aromatic rings. The van der Waals surface area contributed by atoms with Crippen LogP contribution in [0.25, 0.3) is 0 Å². The van der Waals surface area contributed by atoms with E-state index in [4.69, 9.17) is 4.74 Å². The number of hydrogen-bond acceptors (Lipinski definition) is 5. The predicted molar refractivity (Wildman–Crippen MR) is 74.5 cm³/mol. The lowest BCUT2D eigenvalue weighted by Crippen LogP contribution is -2.46. The van der Waals surface area contributed by atoms with Gasteiger partial charge >= 0.3 is 12.0 Å². The molecule has 2 rings (SSSR count). The van der Waals surface area contributed by atoms with Gasteiger partial charge in [-0.25, -0.2) is 9.59 Å². The summed E-state index contributed by atoms with van der Waals surface area (Å²) in [6, 6.07) is 4.71. The quantitative estimate of drug-likeness (QED) is 0.804. The van der Waals surface area contributed by atoms with Crippen molar-refractivity contribution in [3.05, 3.63) is 46.7 Å². The fourth-order valence-electron chi connectivity index (χ4n) is 2.27. The second kappa shape index (κ2) is 5.88. The van der Waals surface area contributed by atoms with Crippen LogP contribution in [0.4, 0.5) is 4.79 Å². The first-order valence-electron chi connectivity index (χ1n) is 6.51. The molecule has 1 aliphatic rings. The van der Waals surface area contributed by atoms with Crippen LogP contribution in [0.5, 0.6) is 0 Å². The molecule has 0 aliphatic carbocycles. The van der Waals surface area contributed by atoms with Crippen molar-refractivity contribution in [1.29, 1.82) is 0 Å². The standard InChI is InChI=1S/C15H16N2O5/c1-8-11(14(20)22-3)12(16-15(21)17(8)2)9-4-6-10(7-5-9)13(18)19/h4-7,12H,1-3H3,(H,16,21)(H,18,19)/p-1/t12-/m0/s1. The lowest BCUT2D eigenvalue weighted by Gasteiger charge is -2.33. The number of ether oxygens (including phenoxy) is 1. The maximum atomic E-state index is 12.0. The molecule has 0 bridgehead atoms. The molecule has 22 heavy (non-hydrogen) atoms. The first kappa shape index (κ1) is 15.6. The number of nitrogens with one attached hydrogen (secondary N) is 1. The van der Waals surface area contributed by atoms with E-state index < -0.39 is 18.0 Å². The van der Waals surface area contributed by atoms with Crippen molar-refractivity contribution in [3.63, 3.8) is 0 Å². The lowest BCUT2D eigenvalue weighted by atomic mass is 9.94.